The van der Waals surface area contributed by atoms with Gasteiger partial charge < -0.3 is 15.8 Å². The van der Waals surface area contributed by atoms with Gasteiger partial charge in [0.25, 0.3) is 5.91 Å². The van der Waals surface area contributed by atoms with Gasteiger partial charge in [-0.3, -0.25) is 4.79 Å². The van der Waals surface area contributed by atoms with Gasteiger partial charge in [-0.05, 0) is 44.2 Å². The first-order valence-electron chi connectivity index (χ1n) is 6.45. The zero-order valence-corrected chi connectivity index (χ0v) is 11.8. The molecule has 110 valence electrons. The number of nitrogens with one attached hydrogen (secondary N) is 1. The smallest absolute Gasteiger partial charge is 0.255 e. The number of halogens is 1. The molecule has 2 rings (SSSR count). The Kier molecular flexibility index (Phi) is 4.37. The number of carbonyl (C=O) groups is 1. The van der Waals surface area contributed by atoms with Gasteiger partial charge in [0.1, 0.15) is 11.5 Å². The number of pyridine rings is 1. The minimum Gasteiger partial charge on any atom is -0.473 e. The summed E-state index contributed by atoms with van der Waals surface area (Å²) in [7, 11) is 0. The van der Waals surface area contributed by atoms with E-state index in [1.807, 2.05) is 13.8 Å². The second-order valence-corrected chi connectivity index (χ2v) is 4.71. The van der Waals surface area contributed by atoms with Crippen molar-refractivity contribution < 1.29 is 13.9 Å². The van der Waals surface area contributed by atoms with Crippen LogP contribution in [-0.4, -0.2) is 17.0 Å². The SMILES string of the molecule is CC(C)Oc1ncccc1NC(=O)c1ccc(F)c(N)c1. The third kappa shape index (κ3) is 3.68. The molecule has 0 spiro atoms. The largest absolute Gasteiger partial charge is 0.473 e. The van der Waals surface area contributed by atoms with Crippen molar-refractivity contribution >= 4 is 17.3 Å². The van der Waals surface area contributed by atoms with Crippen LogP contribution in [0.15, 0.2) is 36.5 Å². The molecular formula is C15H16FN3O2. The van der Waals surface area contributed by atoms with Gasteiger partial charge in [0, 0.05) is 11.8 Å². The number of nitrogens with two attached hydrogens (primary N) is 1. The molecule has 0 aliphatic heterocycles. The van der Waals surface area contributed by atoms with E-state index in [1.54, 1.807) is 18.3 Å². The third-order valence-corrected chi connectivity index (χ3v) is 2.62. The van der Waals surface area contributed by atoms with Crippen molar-refractivity contribution in [3.8, 4) is 5.88 Å². The molecule has 2 aromatic rings. The van der Waals surface area contributed by atoms with Gasteiger partial charge in [0.05, 0.1) is 11.8 Å². The fourth-order valence-electron chi connectivity index (χ4n) is 1.68. The Balaban J connectivity index is 2.21. The summed E-state index contributed by atoms with van der Waals surface area (Å²) in [5.41, 5.74) is 6.08. The van der Waals surface area contributed by atoms with Gasteiger partial charge in [-0.15, -0.1) is 0 Å². The predicted octanol–water partition coefficient (Wildman–Crippen LogP) is 2.84. The first-order valence-corrected chi connectivity index (χ1v) is 6.45. The standard InChI is InChI=1S/C15H16FN3O2/c1-9(2)21-15-13(4-3-7-18-15)19-14(20)10-5-6-11(16)12(17)8-10/h3-9H,17H2,1-2H3,(H,19,20). The van der Waals surface area contributed by atoms with E-state index in [0.29, 0.717) is 11.6 Å². The van der Waals surface area contributed by atoms with Crippen molar-refractivity contribution in [2.45, 2.75) is 20.0 Å². The van der Waals surface area contributed by atoms with E-state index < -0.39 is 11.7 Å². The maximum Gasteiger partial charge on any atom is 0.255 e. The highest BCUT2D eigenvalue weighted by Crippen LogP contribution is 2.23. The summed E-state index contributed by atoms with van der Waals surface area (Å²) in [4.78, 5) is 16.2. The Labute approximate surface area is 121 Å². The number of hydrogen-bond donors (Lipinski definition) is 2. The van der Waals surface area contributed by atoms with E-state index in [0.717, 1.165) is 6.07 Å². The molecule has 0 saturated heterocycles. The zero-order chi connectivity index (χ0) is 15.4. The third-order valence-electron chi connectivity index (χ3n) is 2.62. The quantitative estimate of drug-likeness (QED) is 0.848. The Morgan fingerprint density at radius 3 is 2.81 bits per heavy atom. The van der Waals surface area contributed by atoms with Crippen LogP contribution in [0.1, 0.15) is 24.2 Å². The molecule has 0 bridgehead atoms. The Morgan fingerprint density at radius 1 is 1.38 bits per heavy atom. The van der Waals surface area contributed by atoms with Gasteiger partial charge >= 0.3 is 0 Å². The number of ether oxygens (including phenoxy) is 1. The van der Waals surface area contributed by atoms with E-state index in [4.69, 9.17) is 10.5 Å². The number of aromatic nitrogens is 1. The molecule has 0 radical (unpaired) electrons. The van der Waals surface area contributed by atoms with Gasteiger partial charge in [0.15, 0.2) is 0 Å². The number of nitrogens with zero attached hydrogens (tertiary/aromatic N) is 1. The average Bonchev–Trinajstić information content (AvgIpc) is 2.43. The first kappa shape index (κ1) is 14.8. The van der Waals surface area contributed by atoms with E-state index in [2.05, 4.69) is 10.3 Å². The maximum absolute atomic E-state index is 13.1. The number of benzene rings is 1. The molecular weight excluding hydrogens is 273 g/mol. The minimum absolute atomic E-state index is 0.0722. The maximum atomic E-state index is 13.1. The lowest BCUT2D eigenvalue weighted by molar-refractivity contribution is 0.102. The fraction of sp³-hybridized carbons (Fsp3) is 0.200. The number of rotatable bonds is 4. The van der Waals surface area contributed by atoms with Gasteiger partial charge in [-0.1, -0.05) is 0 Å². The summed E-state index contributed by atoms with van der Waals surface area (Å²) < 4.78 is 18.6. The topological polar surface area (TPSA) is 77.2 Å². The molecule has 1 aromatic carbocycles. The molecule has 0 unspecified atom stereocenters. The van der Waals surface area contributed by atoms with Crippen LogP contribution >= 0.6 is 0 Å². The van der Waals surface area contributed by atoms with Crippen molar-refractivity contribution in [3.05, 3.63) is 47.9 Å². The highest BCUT2D eigenvalue weighted by atomic mass is 19.1. The molecule has 21 heavy (non-hydrogen) atoms. The van der Waals surface area contributed by atoms with Gasteiger partial charge in [-0.25, -0.2) is 9.37 Å². The van der Waals surface area contributed by atoms with Crippen molar-refractivity contribution in [2.24, 2.45) is 0 Å². The monoisotopic (exact) mass is 289 g/mol. The number of anilines is 2. The molecule has 0 atom stereocenters. The van der Waals surface area contributed by atoms with Crippen LogP contribution in [0.2, 0.25) is 0 Å². The molecule has 1 heterocycles. The molecule has 5 nitrogen and oxygen atoms in total. The molecule has 3 N–H and O–H groups in total. The Morgan fingerprint density at radius 2 is 2.14 bits per heavy atom. The van der Waals surface area contributed by atoms with Crippen LogP contribution in [-0.2, 0) is 0 Å². The molecule has 0 saturated carbocycles. The van der Waals surface area contributed by atoms with Crippen LogP contribution in [0.5, 0.6) is 5.88 Å². The summed E-state index contributed by atoms with van der Waals surface area (Å²) in [6.45, 7) is 3.72. The van der Waals surface area contributed by atoms with Crippen molar-refractivity contribution in [2.75, 3.05) is 11.1 Å². The molecule has 0 aliphatic carbocycles. The highest BCUT2D eigenvalue weighted by Gasteiger charge is 2.13. The molecule has 6 heteroatoms. The van der Waals surface area contributed by atoms with E-state index in [-0.39, 0.29) is 17.4 Å². The van der Waals surface area contributed by atoms with Crippen LogP contribution < -0.4 is 15.8 Å². The lowest BCUT2D eigenvalue weighted by atomic mass is 10.2. The van der Waals surface area contributed by atoms with E-state index >= 15 is 0 Å². The van der Waals surface area contributed by atoms with Crippen molar-refractivity contribution in [1.29, 1.82) is 0 Å². The summed E-state index contributed by atoms with van der Waals surface area (Å²) in [6.07, 6.45) is 1.50. The van der Waals surface area contributed by atoms with Crippen LogP contribution in [0.4, 0.5) is 15.8 Å². The van der Waals surface area contributed by atoms with Crippen LogP contribution in [0, 0.1) is 5.82 Å². The molecule has 0 fully saturated rings. The second kappa shape index (κ2) is 6.21. The predicted molar refractivity (Wildman–Crippen MR) is 78.8 cm³/mol. The summed E-state index contributed by atoms with van der Waals surface area (Å²) >= 11 is 0. The Bertz CT molecular complexity index is 659. The number of carbonyl (C=O) groups excluding carboxylic acids is 1. The van der Waals surface area contributed by atoms with E-state index in [9.17, 15) is 9.18 Å². The highest BCUT2D eigenvalue weighted by molar-refractivity contribution is 6.05. The lowest BCUT2D eigenvalue weighted by Gasteiger charge is -2.13. The minimum atomic E-state index is -0.559. The zero-order valence-electron chi connectivity index (χ0n) is 11.8. The first-order chi connectivity index (χ1) is 9.97. The molecule has 1 aromatic heterocycles. The molecule has 0 aliphatic rings. The number of amides is 1. The average molecular weight is 289 g/mol. The Hall–Kier alpha value is -2.63. The molecule has 1 amide bonds. The normalized spacial score (nSPS) is 10.5. The fourth-order valence-corrected chi connectivity index (χ4v) is 1.68. The van der Waals surface area contributed by atoms with Crippen LogP contribution in [0.25, 0.3) is 0 Å². The number of nitrogen functional groups attached to an aromatic ring is 1. The summed E-state index contributed by atoms with van der Waals surface area (Å²) in [5.74, 6) is -0.643. The van der Waals surface area contributed by atoms with Crippen LogP contribution in [0.3, 0.4) is 0 Å². The van der Waals surface area contributed by atoms with E-state index in [1.165, 1.54) is 12.1 Å². The van der Waals surface area contributed by atoms with Gasteiger partial charge in [-0.2, -0.15) is 0 Å². The lowest BCUT2D eigenvalue weighted by Crippen LogP contribution is -2.15. The van der Waals surface area contributed by atoms with Gasteiger partial charge in [0.2, 0.25) is 5.88 Å². The second-order valence-electron chi connectivity index (χ2n) is 4.71. The summed E-state index contributed by atoms with van der Waals surface area (Å²) in [6, 6.07) is 7.15. The number of hydrogen-bond acceptors (Lipinski definition) is 4. The summed E-state index contributed by atoms with van der Waals surface area (Å²) in [5, 5.41) is 2.67. The van der Waals surface area contributed by atoms with Crippen molar-refractivity contribution in [1.82, 2.24) is 4.98 Å². The van der Waals surface area contributed by atoms with Crippen molar-refractivity contribution in [3.63, 3.8) is 0 Å².